The third-order valence-corrected chi connectivity index (χ3v) is 6.82. The number of aliphatic hydroxyl groups excluding tert-OH is 1. The summed E-state index contributed by atoms with van der Waals surface area (Å²) in [6.07, 6.45) is 2.06. The van der Waals surface area contributed by atoms with E-state index in [2.05, 4.69) is 17.1 Å². The van der Waals surface area contributed by atoms with Crippen molar-refractivity contribution in [2.45, 2.75) is 32.4 Å². The van der Waals surface area contributed by atoms with Crippen LogP contribution in [0.1, 0.15) is 29.8 Å². The number of nitrogens with one attached hydrogen (secondary N) is 1. The number of para-hydroxylation sites is 1. The Labute approximate surface area is 212 Å². The fraction of sp³-hybridized carbons (Fsp3) is 0.429. The van der Waals surface area contributed by atoms with Gasteiger partial charge in [-0.2, -0.15) is 0 Å². The lowest BCUT2D eigenvalue weighted by Crippen LogP contribution is -2.49. The van der Waals surface area contributed by atoms with E-state index in [0.717, 1.165) is 16.5 Å². The lowest BCUT2D eigenvalue weighted by atomic mass is 9.99. The molecule has 0 fully saturated rings. The van der Waals surface area contributed by atoms with Gasteiger partial charge >= 0.3 is 0 Å². The maximum Gasteiger partial charge on any atom is 0.258 e. The quantitative estimate of drug-likeness (QED) is 0.529. The number of benzene rings is 2. The van der Waals surface area contributed by atoms with Crippen LogP contribution in [0, 0.1) is 5.92 Å². The van der Waals surface area contributed by atoms with Gasteiger partial charge in [-0.15, -0.1) is 0 Å². The van der Waals surface area contributed by atoms with Gasteiger partial charge in [-0.05, 0) is 50.8 Å². The van der Waals surface area contributed by atoms with Gasteiger partial charge in [-0.3, -0.25) is 9.59 Å². The Bertz CT molecular complexity index is 1250. The van der Waals surface area contributed by atoms with Crippen molar-refractivity contribution in [2.24, 2.45) is 13.0 Å². The van der Waals surface area contributed by atoms with Crippen molar-refractivity contribution < 1.29 is 19.4 Å². The summed E-state index contributed by atoms with van der Waals surface area (Å²) < 4.78 is 8.35. The van der Waals surface area contributed by atoms with Crippen LogP contribution < -0.4 is 10.1 Å². The van der Waals surface area contributed by atoms with Crippen molar-refractivity contribution in [1.82, 2.24) is 14.4 Å². The van der Waals surface area contributed by atoms with Gasteiger partial charge in [0.15, 0.2) is 0 Å². The fourth-order valence-corrected chi connectivity index (χ4v) is 4.82. The molecule has 2 amide bonds. The summed E-state index contributed by atoms with van der Waals surface area (Å²) in [6, 6.07) is 12.9. The molecule has 0 unspecified atom stereocenters. The number of aryl methyl sites for hydroxylation is 1. The molecule has 0 radical (unpaired) electrons. The lowest BCUT2D eigenvalue weighted by molar-refractivity contribution is -0.115. The standard InChI is InChI=1S/C28H36N4O4/c1-18-14-32(19(2)17-33)28(35)23-13-21(10-11-25(23)36-26(18)16-30(3)4)29-27(34)12-20-15-31(5)24-9-7-6-8-22(20)24/h6-11,13,15,18-19,26,33H,12,14,16-17H2,1-5H3,(H,29,34)/t18-,19+,26+/m1/s1. The smallest absolute Gasteiger partial charge is 0.258 e. The SMILES string of the molecule is C[C@@H]1CN([C@@H](C)CO)C(=O)c2cc(NC(=O)Cc3cn(C)c4ccccc34)ccc2O[C@H]1CN(C)C. The number of hydrogen-bond acceptors (Lipinski definition) is 5. The highest BCUT2D eigenvalue weighted by molar-refractivity contribution is 6.00. The molecule has 0 aliphatic carbocycles. The molecule has 1 aliphatic rings. The Morgan fingerprint density at radius 1 is 1.25 bits per heavy atom. The number of fused-ring (bicyclic) bond motifs is 2. The summed E-state index contributed by atoms with van der Waals surface area (Å²) in [7, 11) is 5.95. The van der Waals surface area contributed by atoms with Gasteiger partial charge < -0.3 is 29.5 Å². The van der Waals surface area contributed by atoms with Gasteiger partial charge in [0.25, 0.3) is 5.91 Å². The summed E-state index contributed by atoms with van der Waals surface area (Å²) in [4.78, 5) is 30.3. The molecular weight excluding hydrogens is 456 g/mol. The highest BCUT2D eigenvalue weighted by Gasteiger charge is 2.33. The molecule has 2 aromatic carbocycles. The molecule has 192 valence electrons. The van der Waals surface area contributed by atoms with Gasteiger partial charge in [0.2, 0.25) is 5.91 Å². The summed E-state index contributed by atoms with van der Waals surface area (Å²) in [5.41, 5.74) is 2.93. The van der Waals surface area contributed by atoms with Crippen molar-refractivity contribution in [1.29, 1.82) is 0 Å². The van der Waals surface area contributed by atoms with E-state index in [1.807, 2.05) is 63.1 Å². The number of amides is 2. The molecule has 4 rings (SSSR count). The van der Waals surface area contributed by atoms with Crippen LogP contribution in [0.25, 0.3) is 10.9 Å². The van der Waals surface area contributed by atoms with E-state index in [9.17, 15) is 14.7 Å². The minimum atomic E-state index is -0.337. The normalized spacial score (nSPS) is 19.0. The number of rotatable bonds is 7. The van der Waals surface area contributed by atoms with Gasteiger partial charge in [-0.1, -0.05) is 25.1 Å². The molecule has 2 N–H and O–H groups in total. The summed E-state index contributed by atoms with van der Waals surface area (Å²) in [6.45, 7) is 4.93. The molecule has 2 heterocycles. The third-order valence-electron chi connectivity index (χ3n) is 6.82. The van der Waals surface area contributed by atoms with Crippen LogP contribution in [0.3, 0.4) is 0 Å². The number of likely N-dealkylation sites (N-methyl/N-ethyl adjacent to an activating group) is 1. The Morgan fingerprint density at radius 2 is 2.00 bits per heavy atom. The number of ether oxygens (including phenoxy) is 1. The first kappa shape index (κ1) is 25.7. The average Bonchev–Trinajstić information content (AvgIpc) is 3.16. The Hall–Kier alpha value is -3.36. The van der Waals surface area contributed by atoms with Crippen LogP contribution in [0.5, 0.6) is 5.75 Å². The topological polar surface area (TPSA) is 87.0 Å². The fourth-order valence-electron chi connectivity index (χ4n) is 4.82. The molecule has 36 heavy (non-hydrogen) atoms. The Kier molecular flexibility index (Phi) is 7.66. The molecule has 3 atom stereocenters. The second kappa shape index (κ2) is 10.7. The molecule has 1 aromatic heterocycles. The number of carbonyl (C=O) groups excluding carboxylic acids is 2. The largest absolute Gasteiger partial charge is 0.488 e. The number of aromatic nitrogens is 1. The minimum Gasteiger partial charge on any atom is -0.488 e. The Balaban J connectivity index is 1.60. The maximum atomic E-state index is 13.6. The maximum absolute atomic E-state index is 13.6. The van der Waals surface area contributed by atoms with Crippen molar-refractivity contribution in [3.63, 3.8) is 0 Å². The van der Waals surface area contributed by atoms with Crippen LogP contribution in [0.4, 0.5) is 5.69 Å². The van der Waals surface area contributed by atoms with Crippen molar-refractivity contribution in [3.05, 3.63) is 59.8 Å². The third kappa shape index (κ3) is 5.39. The van der Waals surface area contributed by atoms with E-state index in [1.54, 1.807) is 23.1 Å². The number of nitrogens with zero attached hydrogens (tertiary/aromatic N) is 3. The van der Waals surface area contributed by atoms with Crippen molar-refractivity contribution >= 4 is 28.4 Å². The zero-order valence-electron chi connectivity index (χ0n) is 21.7. The molecule has 8 heteroatoms. The van der Waals surface area contributed by atoms with Crippen molar-refractivity contribution in [2.75, 3.05) is 39.1 Å². The zero-order valence-corrected chi connectivity index (χ0v) is 21.7. The second-order valence-electron chi connectivity index (χ2n) is 10.1. The molecule has 0 bridgehead atoms. The van der Waals surface area contributed by atoms with Crippen LogP contribution >= 0.6 is 0 Å². The molecule has 0 saturated heterocycles. The van der Waals surface area contributed by atoms with Crippen LogP contribution in [-0.4, -0.2) is 77.2 Å². The van der Waals surface area contributed by atoms with E-state index >= 15 is 0 Å². The molecule has 1 aliphatic heterocycles. The Morgan fingerprint density at radius 3 is 2.72 bits per heavy atom. The minimum absolute atomic E-state index is 0.0681. The van der Waals surface area contributed by atoms with E-state index in [-0.39, 0.29) is 42.9 Å². The van der Waals surface area contributed by atoms with Gasteiger partial charge in [0.05, 0.1) is 24.6 Å². The molecule has 0 saturated carbocycles. The molecule has 8 nitrogen and oxygen atoms in total. The predicted molar refractivity (Wildman–Crippen MR) is 141 cm³/mol. The molecule has 0 spiro atoms. The van der Waals surface area contributed by atoms with Crippen LogP contribution in [-0.2, 0) is 18.3 Å². The number of anilines is 1. The monoisotopic (exact) mass is 492 g/mol. The number of carbonyl (C=O) groups is 2. The predicted octanol–water partition coefficient (Wildman–Crippen LogP) is 3.14. The van der Waals surface area contributed by atoms with Gasteiger partial charge in [0, 0.05) is 48.8 Å². The average molecular weight is 493 g/mol. The first-order chi connectivity index (χ1) is 17.2. The molecular formula is C28H36N4O4. The lowest BCUT2D eigenvalue weighted by Gasteiger charge is -2.37. The second-order valence-corrected chi connectivity index (χ2v) is 10.1. The first-order valence-corrected chi connectivity index (χ1v) is 12.4. The van der Waals surface area contributed by atoms with E-state index in [1.165, 1.54) is 0 Å². The van der Waals surface area contributed by atoms with E-state index < -0.39 is 0 Å². The first-order valence-electron chi connectivity index (χ1n) is 12.4. The van der Waals surface area contributed by atoms with E-state index in [0.29, 0.717) is 30.1 Å². The summed E-state index contributed by atoms with van der Waals surface area (Å²) in [5, 5.41) is 13.8. The van der Waals surface area contributed by atoms with E-state index in [4.69, 9.17) is 4.74 Å². The van der Waals surface area contributed by atoms with Gasteiger partial charge in [-0.25, -0.2) is 0 Å². The highest BCUT2D eigenvalue weighted by atomic mass is 16.5. The highest BCUT2D eigenvalue weighted by Crippen LogP contribution is 2.31. The van der Waals surface area contributed by atoms with Crippen molar-refractivity contribution in [3.8, 4) is 5.75 Å². The van der Waals surface area contributed by atoms with Crippen LogP contribution in [0.2, 0.25) is 0 Å². The zero-order chi connectivity index (χ0) is 26.0. The summed E-state index contributed by atoms with van der Waals surface area (Å²) in [5.74, 6) is 0.177. The number of aliphatic hydroxyl groups is 1. The summed E-state index contributed by atoms with van der Waals surface area (Å²) >= 11 is 0. The van der Waals surface area contributed by atoms with Crippen LogP contribution in [0.15, 0.2) is 48.7 Å². The van der Waals surface area contributed by atoms with Gasteiger partial charge in [0.1, 0.15) is 11.9 Å². The number of hydrogen-bond donors (Lipinski definition) is 2. The molecule has 3 aromatic rings.